The summed E-state index contributed by atoms with van der Waals surface area (Å²) in [5.41, 5.74) is 4.50. The predicted molar refractivity (Wildman–Crippen MR) is 199 cm³/mol. The normalized spacial score (nSPS) is 23.5. The smallest absolute Gasteiger partial charge is 0.257 e. The van der Waals surface area contributed by atoms with Crippen molar-refractivity contribution in [1.29, 1.82) is 5.26 Å². The lowest BCUT2D eigenvalue weighted by Crippen LogP contribution is -2.41. The molecule has 2 aliphatic carbocycles. The number of nitrogens with zero attached hydrogens (tertiary/aromatic N) is 6. The maximum atomic E-state index is 17.2. The third-order valence-electron chi connectivity index (χ3n) is 11.9. The van der Waals surface area contributed by atoms with Crippen LogP contribution in [-0.4, -0.2) is 61.8 Å². The fourth-order valence-electron chi connectivity index (χ4n) is 9.11. The van der Waals surface area contributed by atoms with Gasteiger partial charge in [0.1, 0.15) is 18.2 Å². The van der Waals surface area contributed by atoms with Crippen LogP contribution in [0.2, 0.25) is 10.0 Å². The number of rotatable bonds is 10. The van der Waals surface area contributed by atoms with Crippen molar-refractivity contribution in [2.24, 2.45) is 11.8 Å². The van der Waals surface area contributed by atoms with E-state index < -0.39 is 24.9 Å². The van der Waals surface area contributed by atoms with Gasteiger partial charge in [0, 0.05) is 64.6 Å². The first-order valence-corrected chi connectivity index (χ1v) is 19.3. The first-order valence-electron chi connectivity index (χ1n) is 18.5. The molecule has 54 heavy (non-hydrogen) atoms. The van der Waals surface area contributed by atoms with Gasteiger partial charge in [-0.1, -0.05) is 35.3 Å². The summed E-state index contributed by atoms with van der Waals surface area (Å²) >= 11 is 13.1. The van der Waals surface area contributed by atoms with E-state index in [-0.39, 0.29) is 52.5 Å². The van der Waals surface area contributed by atoms with Crippen LogP contribution in [0.4, 0.5) is 13.2 Å². The van der Waals surface area contributed by atoms with Gasteiger partial charge in [0.25, 0.3) is 6.43 Å². The summed E-state index contributed by atoms with van der Waals surface area (Å²) in [5.74, 6) is 0.282. The molecule has 2 aromatic carbocycles. The van der Waals surface area contributed by atoms with E-state index in [9.17, 15) is 18.8 Å². The molecule has 3 aliphatic heterocycles. The fourth-order valence-corrected chi connectivity index (χ4v) is 9.50. The highest BCUT2D eigenvalue weighted by atomic mass is 35.5. The van der Waals surface area contributed by atoms with Crippen LogP contribution in [0.15, 0.2) is 36.5 Å². The molecule has 2 bridgehead atoms. The second-order valence-corrected chi connectivity index (χ2v) is 16.0. The van der Waals surface area contributed by atoms with E-state index in [2.05, 4.69) is 27.1 Å². The average Bonchev–Trinajstić information content (AvgIpc) is 3.51. The number of carbonyl (C=O) groups is 1. The third-order valence-corrected chi connectivity index (χ3v) is 12.7. The van der Waals surface area contributed by atoms with E-state index in [1.54, 1.807) is 25.1 Å². The second-order valence-electron chi connectivity index (χ2n) is 15.2. The number of aryl methyl sites for hydroxylation is 2. The first-order chi connectivity index (χ1) is 26.0. The summed E-state index contributed by atoms with van der Waals surface area (Å²) in [7, 11) is 0. The number of aromatic nitrogens is 4. The van der Waals surface area contributed by atoms with Crippen LogP contribution in [0.25, 0.3) is 32.9 Å². The van der Waals surface area contributed by atoms with Gasteiger partial charge in [-0.05, 0) is 69.2 Å². The maximum absolute atomic E-state index is 17.2. The lowest BCUT2D eigenvalue weighted by Gasteiger charge is -2.39. The Hall–Kier alpha value is -4.31. The van der Waals surface area contributed by atoms with Crippen LogP contribution in [0.3, 0.4) is 0 Å². The monoisotopic (exact) mass is 775 g/mol. The summed E-state index contributed by atoms with van der Waals surface area (Å²) in [6.07, 6.45) is 2.15. The van der Waals surface area contributed by atoms with Crippen molar-refractivity contribution < 1.29 is 22.7 Å². The number of carbonyl (C=O) groups excluding carboxylic acids is 1. The lowest BCUT2D eigenvalue weighted by molar-refractivity contribution is -0.133. The summed E-state index contributed by atoms with van der Waals surface area (Å²) in [4.78, 5) is 20.9. The molecule has 280 valence electrons. The average molecular weight is 777 g/mol. The number of fused-ring (bicyclic) bond motifs is 4. The molecule has 5 aliphatic rings. The third kappa shape index (κ3) is 5.73. The number of hydrogen-bond acceptors (Lipinski definition) is 6. The first kappa shape index (κ1) is 35.4. The minimum Gasteiger partial charge on any atom is -0.485 e. The van der Waals surface area contributed by atoms with Crippen LogP contribution < -0.4 is 10.1 Å². The maximum Gasteiger partial charge on any atom is 0.257 e. The number of halogens is 5. The summed E-state index contributed by atoms with van der Waals surface area (Å²) in [5, 5.41) is 19.4. The summed E-state index contributed by atoms with van der Waals surface area (Å²) < 4.78 is 53.7. The molecule has 14 heteroatoms. The summed E-state index contributed by atoms with van der Waals surface area (Å²) in [6.45, 7) is 4.26. The highest BCUT2D eigenvalue weighted by molar-refractivity contribution is 6.43. The number of likely N-dealkylation sites (tertiary alicyclic amines) is 1. The molecule has 1 N–H and O–H groups in total. The molecule has 10 rings (SSSR count). The molecule has 2 saturated carbocycles. The number of pyridine rings is 1. The number of benzene rings is 2. The van der Waals surface area contributed by atoms with E-state index in [1.165, 1.54) is 10.9 Å². The summed E-state index contributed by atoms with van der Waals surface area (Å²) in [6, 6.07) is 11.3. The van der Waals surface area contributed by atoms with E-state index in [1.807, 2.05) is 17.9 Å². The largest absolute Gasteiger partial charge is 0.485 e. The molecule has 5 fully saturated rings. The van der Waals surface area contributed by atoms with Gasteiger partial charge in [-0.15, -0.1) is 0 Å². The molecule has 3 saturated heterocycles. The Balaban J connectivity index is 1.22. The fraction of sp³-hybridized carbons (Fsp3) is 0.450. The molecule has 0 radical (unpaired) electrons. The van der Waals surface area contributed by atoms with Crippen LogP contribution in [0, 0.1) is 42.8 Å². The quantitative estimate of drug-likeness (QED) is 0.153. The standard InChI is InChI=1S/C40H38Cl2F3N7O2/c1-19-26-14-31(30-13-24(17-50(30)40(53)21-8-9-21)54-32-16-48-51(20(32)2)18-33(43)44)52(38-23-12-29(38)47-15-23)39(26)27-11-22(5-4-10-46)34(36(45)37(27)49-19)25-6-3-7-28(41)35(25)42/h3,6-7,11,14,16,21,23-24,29-30,33,38,47H,4-5,8-9,12-13,15,17-18H2,1-2H3/t23-,24+,29-,30-,38+/m1/s1. The van der Waals surface area contributed by atoms with Gasteiger partial charge >= 0.3 is 0 Å². The van der Waals surface area contributed by atoms with Crippen molar-refractivity contribution in [1.82, 2.24) is 29.5 Å². The van der Waals surface area contributed by atoms with Crippen LogP contribution >= 0.6 is 23.2 Å². The Labute approximate surface area is 320 Å². The van der Waals surface area contributed by atoms with Gasteiger partial charge in [0.05, 0.1) is 52.2 Å². The number of alkyl halides is 2. The minimum absolute atomic E-state index is 0.0427. The highest BCUT2D eigenvalue weighted by Gasteiger charge is 2.51. The molecular weight excluding hydrogens is 738 g/mol. The number of hydrogen-bond donors (Lipinski definition) is 1. The minimum atomic E-state index is -2.55. The van der Waals surface area contributed by atoms with E-state index in [4.69, 9.17) is 32.9 Å². The van der Waals surface area contributed by atoms with Gasteiger partial charge < -0.3 is 19.5 Å². The topological polar surface area (TPSA) is 101 Å². The zero-order valence-corrected chi connectivity index (χ0v) is 31.3. The van der Waals surface area contributed by atoms with Crippen molar-refractivity contribution >= 4 is 50.9 Å². The lowest BCUT2D eigenvalue weighted by atomic mass is 9.79. The zero-order valence-electron chi connectivity index (χ0n) is 29.8. The number of amides is 1. The van der Waals surface area contributed by atoms with Crippen LogP contribution in [0.5, 0.6) is 5.75 Å². The molecule has 1 amide bonds. The second kappa shape index (κ2) is 13.5. The SMILES string of the molecule is Cc1nc2c(F)c(-c3cccc(Cl)c3Cl)c(CCC#N)cc2c2c1cc([C@H]1C[C@H](Oc3cnn(CC(F)F)c3C)CN1C(=O)C1CC1)n2[C@H]1[C@H]2CN[C@@H]1C2. The molecule has 5 aromatic rings. The van der Waals surface area contributed by atoms with Gasteiger partial charge in [-0.2, -0.15) is 10.4 Å². The number of ether oxygens (including phenoxy) is 1. The molecular formula is C40H38Cl2F3N7O2. The Bertz CT molecular complexity index is 2370. The van der Waals surface area contributed by atoms with E-state index >= 15 is 4.39 Å². The van der Waals surface area contributed by atoms with Crippen molar-refractivity contribution in [3.63, 3.8) is 0 Å². The van der Waals surface area contributed by atoms with Crippen LogP contribution in [-0.2, 0) is 17.8 Å². The van der Waals surface area contributed by atoms with Crippen molar-refractivity contribution in [3.8, 4) is 22.9 Å². The molecule has 9 nitrogen and oxygen atoms in total. The van der Waals surface area contributed by atoms with Crippen molar-refractivity contribution in [2.75, 3.05) is 13.1 Å². The Morgan fingerprint density at radius 3 is 2.69 bits per heavy atom. The van der Waals surface area contributed by atoms with Crippen LogP contribution in [0.1, 0.15) is 66.8 Å². The van der Waals surface area contributed by atoms with Crippen molar-refractivity contribution in [2.45, 2.75) is 89.6 Å². The number of nitriles is 1. The van der Waals surface area contributed by atoms with Crippen molar-refractivity contribution in [3.05, 3.63) is 75.0 Å². The Kier molecular flexibility index (Phi) is 8.83. The number of nitrogens with one attached hydrogen (secondary N) is 1. The van der Waals surface area contributed by atoms with E-state index in [0.29, 0.717) is 64.0 Å². The van der Waals surface area contributed by atoms with Gasteiger partial charge in [0.2, 0.25) is 5.91 Å². The Morgan fingerprint density at radius 2 is 1.98 bits per heavy atom. The molecule has 0 spiro atoms. The highest BCUT2D eigenvalue weighted by Crippen LogP contribution is 2.51. The molecule has 6 heterocycles. The predicted octanol–water partition coefficient (Wildman–Crippen LogP) is 8.50. The molecule has 0 unspecified atom stereocenters. The molecule has 5 atom stereocenters. The molecule has 3 aromatic heterocycles. The van der Waals surface area contributed by atoms with E-state index in [0.717, 1.165) is 42.4 Å². The van der Waals surface area contributed by atoms with Gasteiger partial charge in [-0.3, -0.25) is 9.48 Å². The van der Waals surface area contributed by atoms with Gasteiger partial charge in [-0.25, -0.2) is 18.2 Å². The zero-order chi connectivity index (χ0) is 37.6. The Morgan fingerprint density at radius 1 is 1.17 bits per heavy atom. The van der Waals surface area contributed by atoms with Gasteiger partial charge in [0.15, 0.2) is 11.6 Å².